The maximum absolute atomic E-state index is 13.5. The standard InChI is InChI=1S/C13H8F6N2S/c14-8-3-10(15)9(11(16)4-8)5-12(6-20,7-21)1-2-22-13(17,18)19/h3-4H,1-2,5H2. The molecule has 22 heavy (non-hydrogen) atoms. The van der Waals surface area contributed by atoms with E-state index in [1.54, 1.807) is 0 Å². The van der Waals surface area contributed by atoms with Crippen molar-refractivity contribution in [2.45, 2.75) is 18.3 Å². The number of hydrogen-bond donors (Lipinski definition) is 0. The highest BCUT2D eigenvalue weighted by Gasteiger charge is 2.35. The molecule has 0 aliphatic carbocycles. The first kappa shape index (κ1) is 18.2. The Morgan fingerprint density at radius 2 is 1.50 bits per heavy atom. The third-order valence-corrected chi connectivity index (χ3v) is 3.54. The van der Waals surface area contributed by atoms with E-state index in [1.165, 1.54) is 12.1 Å². The van der Waals surface area contributed by atoms with Gasteiger partial charge in [-0.15, -0.1) is 0 Å². The van der Waals surface area contributed by atoms with Crippen molar-refractivity contribution in [1.82, 2.24) is 0 Å². The molecule has 0 aliphatic heterocycles. The van der Waals surface area contributed by atoms with Crippen LogP contribution in [0.3, 0.4) is 0 Å². The summed E-state index contributed by atoms with van der Waals surface area (Å²) in [6.07, 6.45) is -1.31. The molecule has 1 aromatic rings. The molecule has 0 aromatic heterocycles. The van der Waals surface area contributed by atoms with E-state index >= 15 is 0 Å². The van der Waals surface area contributed by atoms with E-state index in [0.717, 1.165) is 0 Å². The van der Waals surface area contributed by atoms with Gasteiger partial charge in [0, 0.05) is 29.9 Å². The minimum absolute atomic E-state index is 0.377. The first-order chi connectivity index (χ1) is 10.1. The topological polar surface area (TPSA) is 47.6 Å². The Kier molecular flexibility index (Phi) is 5.72. The quantitative estimate of drug-likeness (QED) is 0.751. The molecule has 0 atom stereocenters. The van der Waals surface area contributed by atoms with Crippen molar-refractivity contribution in [2.75, 3.05) is 5.75 Å². The molecule has 0 heterocycles. The van der Waals surface area contributed by atoms with Crippen LogP contribution in [0, 0.1) is 45.5 Å². The third-order valence-electron chi connectivity index (χ3n) is 2.81. The van der Waals surface area contributed by atoms with E-state index < -0.39 is 64.3 Å². The molecule has 9 heteroatoms. The molecule has 1 rings (SSSR count). The Morgan fingerprint density at radius 3 is 1.91 bits per heavy atom. The molecule has 118 valence electrons. The Hall–Kier alpha value is -1.87. The molecule has 0 fully saturated rings. The minimum Gasteiger partial charge on any atom is -0.207 e. The molecule has 2 nitrogen and oxygen atoms in total. The first-order valence-electron chi connectivity index (χ1n) is 5.79. The summed E-state index contributed by atoms with van der Waals surface area (Å²) in [7, 11) is 0. The molecule has 0 amide bonds. The summed E-state index contributed by atoms with van der Waals surface area (Å²) < 4.78 is 76.1. The van der Waals surface area contributed by atoms with Gasteiger partial charge in [-0.05, 0) is 6.42 Å². The van der Waals surface area contributed by atoms with Crippen LogP contribution in [0.2, 0.25) is 0 Å². The molecule has 0 saturated carbocycles. The fraction of sp³-hybridized carbons (Fsp3) is 0.385. The molecule has 0 aliphatic rings. The van der Waals surface area contributed by atoms with E-state index in [2.05, 4.69) is 0 Å². The van der Waals surface area contributed by atoms with Gasteiger partial charge in [-0.1, -0.05) is 11.8 Å². The Morgan fingerprint density at radius 1 is 1.00 bits per heavy atom. The Balaban J connectivity index is 2.98. The number of rotatable bonds is 5. The zero-order valence-corrected chi connectivity index (χ0v) is 11.7. The zero-order valence-electron chi connectivity index (χ0n) is 10.8. The van der Waals surface area contributed by atoms with Crippen LogP contribution in [0.15, 0.2) is 12.1 Å². The van der Waals surface area contributed by atoms with Crippen LogP contribution in [0.25, 0.3) is 0 Å². The number of halogens is 6. The highest BCUT2D eigenvalue weighted by molar-refractivity contribution is 8.00. The van der Waals surface area contributed by atoms with E-state index in [4.69, 9.17) is 10.5 Å². The smallest absolute Gasteiger partial charge is 0.207 e. The van der Waals surface area contributed by atoms with Gasteiger partial charge in [0.25, 0.3) is 0 Å². The van der Waals surface area contributed by atoms with Gasteiger partial charge >= 0.3 is 5.51 Å². The molecule has 0 spiro atoms. The SMILES string of the molecule is N#CC(C#N)(CCSC(F)(F)F)Cc1c(F)cc(F)cc1F. The van der Waals surface area contributed by atoms with Crippen molar-refractivity contribution < 1.29 is 26.3 Å². The van der Waals surface area contributed by atoms with Crippen molar-refractivity contribution in [3.63, 3.8) is 0 Å². The number of thioether (sulfide) groups is 1. The average Bonchev–Trinajstić information content (AvgIpc) is 2.39. The lowest BCUT2D eigenvalue weighted by Crippen LogP contribution is -2.23. The normalized spacial score (nSPS) is 11.8. The van der Waals surface area contributed by atoms with Gasteiger partial charge in [-0.25, -0.2) is 13.2 Å². The number of benzene rings is 1. The summed E-state index contributed by atoms with van der Waals surface area (Å²) in [6, 6.07) is 3.76. The van der Waals surface area contributed by atoms with Crippen molar-refractivity contribution in [2.24, 2.45) is 5.41 Å². The molecule has 0 unspecified atom stereocenters. The molecule has 0 saturated heterocycles. The highest BCUT2D eigenvalue weighted by atomic mass is 32.2. The summed E-state index contributed by atoms with van der Waals surface area (Å²) in [5, 5.41) is 18.0. The molecule has 0 N–H and O–H groups in total. The number of nitriles is 2. The second-order valence-corrected chi connectivity index (χ2v) is 5.53. The largest absolute Gasteiger partial charge is 0.441 e. The first-order valence-corrected chi connectivity index (χ1v) is 6.77. The minimum atomic E-state index is -4.54. The lowest BCUT2D eigenvalue weighted by Gasteiger charge is -2.19. The molecule has 0 radical (unpaired) electrons. The van der Waals surface area contributed by atoms with Crippen LogP contribution in [0.4, 0.5) is 26.3 Å². The number of alkyl halides is 3. The Bertz CT molecular complexity index is 592. The van der Waals surface area contributed by atoms with Gasteiger partial charge < -0.3 is 0 Å². The summed E-state index contributed by atoms with van der Waals surface area (Å²) >= 11 is -0.437. The van der Waals surface area contributed by atoms with Crippen LogP contribution >= 0.6 is 11.8 Å². The summed E-state index contributed by atoms with van der Waals surface area (Å²) in [4.78, 5) is 0. The molecule has 1 aromatic carbocycles. The third kappa shape index (κ3) is 4.85. The average molecular weight is 338 g/mol. The van der Waals surface area contributed by atoms with Crippen LogP contribution in [0.5, 0.6) is 0 Å². The summed E-state index contributed by atoms with van der Waals surface area (Å²) in [5.41, 5.74) is -7.28. The monoisotopic (exact) mass is 338 g/mol. The van der Waals surface area contributed by atoms with E-state index in [9.17, 15) is 26.3 Å². The fourth-order valence-electron chi connectivity index (χ4n) is 1.69. The lowest BCUT2D eigenvalue weighted by molar-refractivity contribution is -0.0328. The number of hydrogen-bond acceptors (Lipinski definition) is 3. The maximum atomic E-state index is 13.5. The molecular weight excluding hydrogens is 330 g/mol. The highest BCUT2D eigenvalue weighted by Crippen LogP contribution is 2.35. The van der Waals surface area contributed by atoms with Crippen molar-refractivity contribution in [3.05, 3.63) is 35.1 Å². The summed E-state index contributed by atoms with van der Waals surface area (Å²) in [6.45, 7) is 0. The van der Waals surface area contributed by atoms with Gasteiger partial charge in [-0.3, -0.25) is 0 Å². The lowest BCUT2D eigenvalue weighted by atomic mass is 9.82. The van der Waals surface area contributed by atoms with E-state index in [-0.39, 0.29) is 0 Å². The van der Waals surface area contributed by atoms with E-state index in [0.29, 0.717) is 12.1 Å². The molecule has 0 bridgehead atoms. The second-order valence-electron chi connectivity index (χ2n) is 4.37. The van der Waals surface area contributed by atoms with Crippen molar-refractivity contribution in [1.29, 1.82) is 10.5 Å². The van der Waals surface area contributed by atoms with Crippen LogP contribution < -0.4 is 0 Å². The summed E-state index contributed by atoms with van der Waals surface area (Å²) in [5.74, 6) is -4.38. The van der Waals surface area contributed by atoms with Gasteiger partial charge in [0.1, 0.15) is 22.9 Å². The number of nitrogens with zero attached hydrogens (tertiary/aromatic N) is 2. The fourth-order valence-corrected chi connectivity index (χ4v) is 2.37. The second kappa shape index (κ2) is 6.93. The maximum Gasteiger partial charge on any atom is 0.441 e. The van der Waals surface area contributed by atoms with Crippen molar-refractivity contribution in [3.8, 4) is 12.1 Å². The zero-order chi connectivity index (χ0) is 17.0. The van der Waals surface area contributed by atoms with Crippen LogP contribution in [0.1, 0.15) is 12.0 Å². The predicted molar refractivity (Wildman–Crippen MR) is 66.8 cm³/mol. The van der Waals surface area contributed by atoms with Gasteiger partial charge in [0.2, 0.25) is 0 Å². The van der Waals surface area contributed by atoms with Gasteiger partial charge in [-0.2, -0.15) is 23.7 Å². The Labute approximate surface area is 126 Å². The van der Waals surface area contributed by atoms with Crippen molar-refractivity contribution >= 4 is 11.8 Å². The van der Waals surface area contributed by atoms with E-state index in [1.807, 2.05) is 0 Å². The van der Waals surface area contributed by atoms with Crippen LogP contribution in [-0.2, 0) is 6.42 Å². The molecular formula is C13H8F6N2S. The van der Waals surface area contributed by atoms with Crippen LogP contribution in [-0.4, -0.2) is 11.3 Å². The van der Waals surface area contributed by atoms with Gasteiger partial charge in [0.15, 0.2) is 0 Å². The predicted octanol–water partition coefficient (Wildman–Crippen LogP) is 4.32. The van der Waals surface area contributed by atoms with Gasteiger partial charge in [0.05, 0.1) is 12.1 Å².